The Hall–Kier alpha value is -3.07. The van der Waals surface area contributed by atoms with Gasteiger partial charge in [-0.15, -0.1) is 0 Å². The van der Waals surface area contributed by atoms with E-state index < -0.39 is 5.91 Å². The highest BCUT2D eigenvalue weighted by atomic mass is 16.3. The molecule has 21 heavy (non-hydrogen) atoms. The quantitative estimate of drug-likeness (QED) is 0.639. The van der Waals surface area contributed by atoms with Gasteiger partial charge in [0.2, 0.25) is 0 Å². The zero-order chi connectivity index (χ0) is 15.1. The number of phenols is 1. The van der Waals surface area contributed by atoms with Crippen LogP contribution in [0.1, 0.15) is 5.56 Å². The number of imidazole rings is 1. The number of nitrogens with one attached hydrogen (secondary N) is 1. The van der Waals surface area contributed by atoms with E-state index in [1.165, 1.54) is 18.2 Å². The molecule has 0 radical (unpaired) electrons. The van der Waals surface area contributed by atoms with E-state index in [1.54, 1.807) is 30.9 Å². The van der Waals surface area contributed by atoms with Gasteiger partial charge in [0.05, 0.1) is 6.33 Å². The SMILES string of the molecule is N#C/C(=C\c1ccc(O)cc1)C(=O)NCCn1ccnc1. The van der Waals surface area contributed by atoms with Gasteiger partial charge in [-0.25, -0.2) is 4.98 Å². The monoisotopic (exact) mass is 282 g/mol. The first kappa shape index (κ1) is 14.3. The minimum Gasteiger partial charge on any atom is -0.508 e. The van der Waals surface area contributed by atoms with E-state index in [4.69, 9.17) is 5.26 Å². The third kappa shape index (κ3) is 4.21. The highest BCUT2D eigenvalue weighted by molar-refractivity contribution is 6.01. The fourth-order valence-corrected chi connectivity index (χ4v) is 1.70. The zero-order valence-electron chi connectivity index (χ0n) is 11.2. The largest absolute Gasteiger partial charge is 0.508 e. The zero-order valence-corrected chi connectivity index (χ0v) is 11.2. The molecule has 0 fully saturated rings. The van der Waals surface area contributed by atoms with Crippen LogP contribution in [-0.4, -0.2) is 27.1 Å². The van der Waals surface area contributed by atoms with Crippen LogP contribution in [0.4, 0.5) is 0 Å². The normalized spacial score (nSPS) is 10.9. The molecule has 0 aliphatic heterocycles. The molecule has 0 bridgehead atoms. The molecule has 2 N–H and O–H groups in total. The Balaban J connectivity index is 1.95. The van der Waals surface area contributed by atoms with E-state index in [1.807, 2.05) is 10.6 Å². The molecule has 1 aromatic heterocycles. The number of aromatic hydroxyl groups is 1. The summed E-state index contributed by atoms with van der Waals surface area (Å²) in [6.45, 7) is 0.994. The molecule has 1 aromatic carbocycles. The van der Waals surface area contributed by atoms with Crippen molar-refractivity contribution in [3.8, 4) is 11.8 Å². The molecule has 0 saturated heterocycles. The Morgan fingerprint density at radius 1 is 1.43 bits per heavy atom. The number of benzene rings is 1. The summed E-state index contributed by atoms with van der Waals surface area (Å²) in [4.78, 5) is 15.8. The standard InChI is InChI=1S/C15H14N4O2/c16-10-13(9-12-1-3-14(20)4-2-12)15(21)18-6-8-19-7-5-17-11-19/h1-5,7,9,11,20H,6,8H2,(H,18,21)/b13-9+. The Morgan fingerprint density at radius 2 is 2.19 bits per heavy atom. The first-order chi connectivity index (χ1) is 10.2. The molecular formula is C15H14N4O2. The van der Waals surface area contributed by atoms with E-state index in [-0.39, 0.29) is 11.3 Å². The highest BCUT2D eigenvalue weighted by Crippen LogP contribution is 2.12. The molecule has 1 amide bonds. The first-order valence-electron chi connectivity index (χ1n) is 6.34. The van der Waals surface area contributed by atoms with E-state index >= 15 is 0 Å². The van der Waals surface area contributed by atoms with Crippen LogP contribution >= 0.6 is 0 Å². The van der Waals surface area contributed by atoms with Crippen LogP contribution in [0.15, 0.2) is 48.6 Å². The van der Waals surface area contributed by atoms with Crippen molar-refractivity contribution in [2.75, 3.05) is 6.54 Å². The Labute approximate surface area is 122 Å². The summed E-state index contributed by atoms with van der Waals surface area (Å²) in [5, 5.41) is 20.9. The van der Waals surface area contributed by atoms with Gasteiger partial charge in [0.15, 0.2) is 0 Å². The van der Waals surface area contributed by atoms with Crippen LogP contribution in [0.5, 0.6) is 5.75 Å². The van der Waals surface area contributed by atoms with Gasteiger partial charge in [0, 0.05) is 25.5 Å². The average molecular weight is 282 g/mol. The fourth-order valence-electron chi connectivity index (χ4n) is 1.70. The lowest BCUT2D eigenvalue weighted by atomic mass is 10.1. The fraction of sp³-hybridized carbons (Fsp3) is 0.133. The summed E-state index contributed by atoms with van der Waals surface area (Å²) in [6, 6.07) is 8.13. The maximum Gasteiger partial charge on any atom is 0.262 e. The van der Waals surface area contributed by atoms with Crippen molar-refractivity contribution in [3.05, 3.63) is 54.1 Å². The van der Waals surface area contributed by atoms with Crippen LogP contribution in [0.2, 0.25) is 0 Å². The van der Waals surface area contributed by atoms with Crippen molar-refractivity contribution in [2.24, 2.45) is 0 Å². The van der Waals surface area contributed by atoms with Crippen LogP contribution < -0.4 is 5.32 Å². The van der Waals surface area contributed by atoms with E-state index in [9.17, 15) is 9.90 Å². The Kier molecular flexibility index (Phi) is 4.72. The van der Waals surface area contributed by atoms with E-state index in [0.29, 0.717) is 18.7 Å². The number of rotatable bonds is 5. The third-order valence-corrected chi connectivity index (χ3v) is 2.78. The topological polar surface area (TPSA) is 90.9 Å². The van der Waals surface area contributed by atoms with Crippen LogP contribution in [0, 0.1) is 11.3 Å². The molecule has 0 atom stereocenters. The number of nitriles is 1. The maximum absolute atomic E-state index is 11.9. The molecule has 2 rings (SSSR count). The van der Waals surface area contributed by atoms with Gasteiger partial charge in [-0.3, -0.25) is 4.79 Å². The van der Waals surface area contributed by atoms with Crippen molar-refractivity contribution in [1.29, 1.82) is 5.26 Å². The molecule has 0 spiro atoms. The summed E-state index contributed by atoms with van der Waals surface area (Å²) in [5.74, 6) is -0.291. The van der Waals surface area contributed by atoms with Gasteiger partial charge >= 0.3 is 0 Å². The summed E-state index contributed by atoms with van der Waals surface area (Å²) in [5.41, 5.74) is 0.695. The second-order valence-corrected chi connectivity index (χ2v) is 4.32. The number of carbonyl (C=O) groups excluding carboxylic acids is 1. The lowest BCUT2D eigenvalue weighted by molar-refractivity contribution is -0.117. The van der Waals surface area contributed by atoms with Gasteiger partial charge in [-0.1, -0.05) is 12.1 Å². The lowest BCUT2D eigenvalue weighted by Gasteiger charge is -2.05. The molecule has 0 aliphatic rings. The minimum atomic E-state index is -0.425. The van der Waals surface area contributed by atoms with E-state index in [0.717, 1.165) is 0 Å². The van der Waals surface area contributed by atoms with Crippen LogP contribution in [-0.2, 0) is 11.3 Å². The molecule has 0 aliphatic carbocycles. The molecule has 6 nitrogen and oxygen atoms in total. The molecule has 0 unspecified atom stereocenters. The van der Waals surface area contributed by atoms with Gasteiger partial charge in [0.25, 0.3) is 5.91 Å². The third-order valence-electron chi connectivity index (χ3n) is 2.78. The summed E-state index contributed by atoms with van der Waals surface area (Å²) in [7, 11) is 0. The van der Waals surface area contributed by atoms with Crippen molar-refractivity contribution in [2.45, 2.75) is 6.54 Å². The molecule has 0 saturated carbocycles. The second kappa shape index (κ2) is 6.91. The Bertz CT molecular complexity index is 667. The average Bonchev–Trinajstić information content (AvgIpc) is 3.00. The number of nitrogens with zero attached hydrogens (tertiary/aromatic N) is 3. The van der Waals surface area contributed by atoms with Gasteiger partial charge in [0.1, 0.15) is 17.4 Å². The molecule has 2 aromatic rings. The number of hydrogen-bond donors (Lipinski definition) is 2. The van der Waals surface area contributed by atoms with Gasteiger partial charge in [-0.2, -0.15) is 5.26 Å². The van der Waals surface area contributed by atoms with Gasteiger partial charge in [-0.05, 0) is 23.8 Å². The molecule has 1 heterocycles. The number of aromatic nitrogens is 2. The maximum atomic E-state index is 11.9. The number of carbonyl (C=O) groups is 1. The summed E-state index contributed by atoms with van der Waals surface area (Å²) >= 11 is 0. The smallest absolute Gasteiger partial charge is 0.262 e. The van der Waals surface area contributed by atoms with Gasteiger partial charge < -0.3 is 15.0 Å². The van der Waals surface area contributed by atoms with Crippen molar-refractivity contribution >= 4 is 12.0 Å². The highest BCUT2D eigenvalue weighted by Gasteiger charge is 2.08. The number of hydrogen-bond acceptors (Lipinski definition) is 4. The molecule has 6 heteroatoms. The minimum absolute atomic E-state index is 0.0197. The lowest BCUT2D eigenvalue weighted by Crippen LogP contribution is -2.27. The van der Waals surface area contributed by atoms with Crippen LogP contribution in [0.25, 0.3) is 6.08 Å². The van der Waals surface area contributed by atoms with Crippen molar-refractivity contribution in [3.63, 3.8) is 0 Å². The first-order valence-corrected chi connectivity index (χ1v) is 6.34. The molecular weight excluding hydrogens is 268 g/mol. The van der Waals surface area contributed by atoms with Crippen molar-refractivity contribution in [1.82, 2.24) is 14.9 Å². The number of phenolic OH excluding ortho intramolecular Hbond substituents is 1. The second-order valence-electron chi connectivity index (χ2n) is 4.32. The van der Waals surface area contributed by atoms with E-state index in [2.05, 4.69) is 10.3 Å². The summed E-state index contributed by atoms with van der Waals surface area (Å²) in [6.07, 6.45) is 6.59. The predicted molar refractivity (Wildman–Crippen MR) is 76.9 cm³/mol. The predicted octanol–water partition coefficient (Wildman–Crippen LogP) is 1.31. The molecule has 106 valence electrons. The van der Waals surface area contributed by atoms with Crippen molar-refractivity contribution < 1.29 is 9.90 Å². The number of amides is 1. The van der Waals surface area contributed by atoms with Crippen LogP contribution in [0.3, 0.4) is 0 Å². The Morgan fingerprint density at radius 3 is 2.81 bits per heavy atom. The summed E-state index contributed by atoms with van der Waals surface area (Å²) < 4.78 is 1.83.